The van der Waals surface area contributed by atoms with E-state index in [0.29, 0.717) is 69.2 Å². The average Bonchev–Trinajstić information content (AvgIpc) is 3.91. The normalized spacial score (nSPS) is 18.4. The number of ether oxygens (including phenoxy) is 3. The first-order valence-electron chi connectivity index (χ1n) is 17.3. The zero-order valence-electron chi connectivity index (χ0n) is 29.2. The average molecular weight is 694 g/mol. The van der Waals surface area contributed by atoms with Crippen LogP contribution in [0.2, 0.25) is 0 Å². The Hall–Kier alpha value is -5.11. The quantitative estimate of drug-likeness (QED) is 0.170. The van der Waals surface area contributed by atoms with Crippen molar-refractivity contribution in [1.29, 1.82) is 0 Å². The summed E-state index contributed by atoms with van der Waals surface area (Å²) < 4.78 is 22.2. The molecule has 2 aliphatic heterocycles. The van der Waals surface area contributed by atoms with Crippen molar-refractivity contribution in [3.05, 3.63) is 78.2 Å². The molecule has 1 atom stereocenters. The number of methoxy groups -OCH3 is 2. The Kier molecular flexibility index (Phi) is 10.1. The van der Waals surface area contributed by atoms with Gasteiger partial charge >= 0.3 is 0 Å². The molecule has 2 aliphatic rings. The van der Waals surface area contributed by atoms with Crippen molar-refractivity contribution in [3.63, 3.8) is 0 Å². The number of nitrogens with zero attached hydrogens (tertiary/aromatic N) is 5. The lowest BCUT2D eigenvalue weighted by Gasteiger charge is -2.33. The first-order chi connectivity index (χ1) is 24.8. The van der Waals surface area contributed by atoms with Crippen LogP contribution in [0.15, 0.2) is 71.1 Å². The molecule has 13 heteroatoms. The molecule has 5 aromatic rings. The Bertz CT molecular complexity index is 1970. The second kappa shape index (κ2) is 15.0. The van der Waals surface area contributed by atoms with Crippen LogP contribution in [0.4, 0.5) is 5.69 Å². The molecule has 2 fully saturated rings. The predicted molar refractivity (Wildman–Crippen MR) is 191 cm³/mol. The van der Waals surface area contributed by atoms with E-state index < -0.39 is 5.60 Å². The van der Waals surface area contributed by atoms with E-state index in [9.17, 15) is 9.59 Å². The number of carbonyl (C=O) groups is 2. The number of anilines is 1. The number of piperidine rings is 1. The van der Waals surface area contributed by atoms with Crippen LogP contribution in [0.1, 0.15) is 36.6 Å². The molecule has 0 bridgehead atoms. The van der Waals surface area contributed by atoms with Crippen LogP contribution in [0.25, 0.3) is 33.6 Å². The SMILES string of the molecule is COCCOc1ccc(-c2n[nH]c3ccc(NC(=O)[C@]4(OC)CCN(CC(=O)N5CCC(c6ccc(-c7nnc(C)o7)cc6)CC5)C4)cc23)cc1. The molecule has 266 valence electrons. The van der Waals surface area contributed by atoms with Gasteiger partial charge in [0.2, 0.25) is 17.7 Å². The Morgan fingerprint density at radius 2 is 1.73 bits per heavy atom. The molecule has 3 aromatic carbocycles. The smallest absolute Gasteiger partial charge is 0.258 e. The number of aromatic amines is 1. The number of hydrogen-bond acceptors (Lipinski definition) is 10. The van der Waals surface area contributed by atoms with Gasteiger partial charge in [-0.3, -0.25) is 19.6 Å². The fraction of sp³-hybridized carbons (Fsp3) is 0.395. The van der Waals surface area contributed by atoms with Gasteiger partial charge in [-0.05, 0) is 85.3 Å². The highest BCUT2D eigenvalue weighted by Crippen LogP contribution is 2.33. The highest BCUT2D eigenvalue weighted by Gasteiger charge is 2.45. The maximum atomic E-state index is 13.7. The van der Waals surface area contributed by atoms with Gasteiger partial charge in [0.25, 0.3) is 5.91 Å². The molecular formula is C38H43N7O6. The van der Waals surface area contributed by atoms with Gasteiger partial charge in [0.05, 0.1) is 24.4 Å². The van der Waals surface area contributed by atoms with E-state index >= 15 is 0 Å². The molecule has 2 saturated heterocycles. The molecule has 13 nitrogen and oxygen atoms in total. The van der Waals surface area contributed by atoms with Crippen LogP contribution in [-0.2, 0) is 19.1 Å². The molecule has 0 spiro atoms. The number of benzene rings is 3. The van der Waals surface area contributed by atoms with Gasteiger partial charge in [-0.25, -0.2) is 0 Å². The van der Waals surface area contributed by atoms with Crippen molar-refractivity contribution in [2.45, 2.75) is 37.7 Å². The first-order valence-corrected chi connectivity index (χ1v) is 17.3. The largest absolute Gasteiger partial charge is 0.491 e. The zero-order valence-corrected chi connectivity index (χ0v) is 29.2. The second-order valence-electron chi connectivity index (χ2n) is 13.2. The number of nitrogens with one attached hydrogen (secondary N) is 2. The minimum absolute atomic E-state index is 0.0791. The number of rotatable bonds is 12. The summed E-state index contributed by atoms with van der Waals surface area (Å²) in [5.41, 5.74) is 4.27. The van der Waals surface area contributed by atoms with Gasteiger partial charge in [-0.15, -0.1) is 10.2 Å². The highest BCUT2D eigenvalue weighted by molar-refractivity contribution is 6.01. The van der Waals surface area contributed by atoms with Crippen molar-refractivity contribution < 1.29 is 28.2 Å². The minimum Gasteiger partial charge on any atom is -0.491 e. The molecule has 2 amide bonds. The summed E-state index contributed by atoms with van der Waals surface area (Å²) in [7, 11) is 3.20. The van der Waals surface area contributed by atoms with Gasteiger partial charge in [-0.2, -0.15) is 5.10 Å². The zero-order chi connectivity index (χ0) is 35.4. The van der Waals surface area contributed by atoms with Gasteiger partial charge < -0.3 is 28.8 Å². The number of carbonyl (C=O) groups excluding carboxylic acids is 2. The van der Waals surface area contributed by atoms with Crippen molar-refractivity contribution in [2.24, 2.45) is 0 Å². The number of amides is 2. The third-order valence-corrected chi connectivity index (χ3v) is 9.98. The molecule has 0 radical (unpaired) electrons. The lowest BCUT2D eigenvalue weighted by atomic mass is 9.89. The van der Waals surface area contributed by atoms with Crippen LogP contribution in [0, 0.1) is 6.92 Å². The van der Waals surface area contributed by atoms with Crippen molar-refractivity contribution >= 4 is 28.4 Å². The Balaban J connectivity index is 0.928. The minimum atomic E-state index is -1.06. The van der Waals surface area contributed by atoms with Crippen LogP contribution in [0.5, 0.6) is 5.75 Å². The maximum absolute atomic E-state index is 13.7. The van der Waals surface area contributed by atoms with E-state index in [1.807, 2.05) is 64.4 Å². The number of H-pyrrole nitrogens is 1. The van der Waals surface area contributed by atoms with Crippen molar-refractivity contribution in [1.82, 2.24) is 30.2 Å². The van der Waals surface area contributed by atoms with E-state index in [-0.39, 0.29) is 18.4 Å². The van der Waals surface area contributed by atoms with Gasteiger partial charge in [0.15, 0.2) is 5.60 Å². The number of aryl methyl sites for hydroxylation is 1. The molecule has 2 aromatic heterocycles. The monoisotopic (exact) mass is 693 g/mol. The summed E-state index contributed by atoms with van der Waals surface area (Å²) in [6.45, 7) is 5.34. The summed E-state index contributed by atoms with van der Waals surface area (Å²) in [4.78, 5) is 31.1. The standard InChI is InChI=1S/C38H43N7O6/c1-25-40-43-36(51-25)29-6-4-26(5-7-29)27-14-17-45(18-15-27)34(46)23-44-19-16-38(24-44,49-3)37(47)39-30-10-13-33-32(22-30)35(42-41-33)28-8-11-31(12-9-28)50-21-20-48-2/h4-13,22,27H,14-21,23-24H2,1-3H3,(H,39,47)(H,41,42)/t38-/m0/s1. The lowest BCUT2D eigenvalue weighted by Crippen LogP contribution is -2.48. The second-order valence-corrected chi connectivity index (χ2v) is 13.2. The summed E-state index contributed by atoms with van der Waals surface area (Å²) in [5.74, 6) is 2.04. The summed E-state index contributed by atoms with van der Waals surface area (Å²) >= 11 is 0. The molecule has 0 aliphatic carbocycles. The number of fused-ring (bicyclic) bond motifs is 1. The van der Waals surface area contributed by atoms with Crippen LogP contribution in [0.3, 0.4) is 0 Å². The van der Waals surface area contributed by atoms with Crippen molar-refractivity contribution in [3.8, 4) is 28.5 Å². The van der Waals surface area contributed by atoms with Gasteiger partial charge in [-0.1, -0.05) is 12.1 Å². The third kappa shape index (κ3) is 7.51. The maximum Gasteiger partial charge on any atom is 0.258 e. The molecule has 0 unspecified atom stereocenters. The van der Waals surface area contributed by atoms with Gasteiger partial charge in [0, 0.05) is 69.5 Å². The Labute approximate surface area is 296 Å². The number of aromatic nitrogens is 4. The summed E-state index contributed by atoms with van der Waals surface area (Å²) in [6, 6.07) is 21.6. The predicted octanol–water partition coefficient (Wildman–Crippen LogP) is 5.05. The Morgan fingerprint density at radius 1 is 0.961 bits per heavy atom. The van der Waals surface area contributed by atoms with Crippen LogP contribution >= 0.6 is 0 Å². The van der Waals surface area contributed by atoms with E-state index in [1.165, 1.54) is 5.56 Å². The van der Waals surface area contributed by atoms with Crippen LogP contribution in [-0.4, -0.2) is 108 Å². The number of likely N-dealkylation sites (tertiary alicyclic amines) is 2. The molecular weight excluding hydrogens is 650 g/mol. The van der Waals surface area contributed by atoms with E-state index in [4.69, 9.17) is 18.6 Å². The fourth-order valence-electron chi connectivity index (χ4n) is 7.01. The van der Waals surface area contributed by atoms with Crippen molar-refractivity contribution in [2.75, 3.05) is 65.5 Å². The summed E-state index contributed by atoms with van der Waals surface area (Å²) in [6.07, 6.45) is 2.28. The molecule has 2 N–H and O–H groups in total. The molecule has 4 heterocycles. The van der Waals surface area contributed by atoms with E-state index in [2.05, 4.69) is 37.8 Å². The lowest BCUT2D eigenvalue weighted by molar-refractivity contribution is -0.138. The third-order valence-electron chi connectivity index (χ3n) is 9.98. The molecule has 0 saturated carbocycles. The van der Waals surface area contributed by atoms with E-state index in [1.54, 1.807) is 21.1 Å². The first kappa shape index (κ1) is 34.3. The fourth-order valence-corrected chi connectivity index (χ4v) is 7.01. The topological polar surface area (TPSA) is 148 Å². The van der Waals surface area contributed by atoms with E-state index in [0.717, 1.165) is 46.3 Å². The summed E-state index contributed by atoms with van der Waals surface area (Å²) in [5, 5.41) is 19.6. The Morgan fingerprint density at radius 3 is 2.43 bits per heavy atom. The molecule has 51 heavy (non-hydrogen) atoms. The van der Waals surface area contributed by atoms with Crippen LogP contribution < -0.4 is 10.1 Å². The molecule has 7 rings (SSSR count). The highest BCUT2D eigenvalue weighted by atomic mass is 16.5. The number of hydrogen-bond donors (Lipinski definition) is 2. The van der Waals surface area contributed by atoms with Gasteiger partial charge in [0.1, 0.15) is 12.4 Å².